The van der Waals surface area contributed by atoms with E-state index in [2.05, 4.69) is 74.6 Å². The van der Waals surface area contributed by atoms with Gasteiger partial charge in [0.25, 0.3) is 7.82 Å². The smallest absolute Gasteiger partial charge is 0.306 e. The molecule has 0 aliphatic carbocycles. The Balaban J connectivity index is 3.88. The van der Waals surface area contributed by atoms with E-state index < -0.39 is 32.5 Å². The largest absolute Gasteiger partial charge is 0.756 e. The molecule has 0 fully saturated rings. The van der Waals surface area contributed by atoms with Crippen LogP contribution < -0.4 is 4.89 Å². The lowest BCUT2D eigenvalue weighted by atomic mass is 10.0. The van der Waals surface area contributed by atoms with E-state index in [9.17, 15) is 19.0 Å². The number of carbonyl (C=O) groups excluding carboxylic acids is 2. The average Bonchev–Trinajstić information content (AvgIpc) is 3.38. The van der Waals surface area contributed by atoms with Crippen LogP contribution in [0.25, 0.3) is 0 Å². The summed E-state index contributed by atoms with van der Waals surface area (Å²) in [5.74, 6) is -0.922. The van der Waals surface area contributed by atoms with Crippen LogP contribution in [0.2, 0.25) is 0 Å². The number of quaternary nitrogens is 1. The summed E-state index contributed by atoms with van der Waals surface area (Å²) in [6.45, 7) is 4.04. The molecule has 0 amide bonds. The molecule has 0 radical (unpaired) electrons. The lowest BCUT2D eigenvalue weighted by molar-refractivity contribution is -0.870. The number of likely N-dealkylation sites (N-methyl/N-ethyl adjacent to an activating group) is 1. The first-order chi connectivity index (χ1) is 37.0. The predicted molar refractivity (Wildman–Crippen MR) is 323 cm³/mol. The van der Waals surface area contributed by atoms with E-state index in [1.54, 1.807) is 0 Å². The molecule has 76 heavy (non-hydrogen) atoms. The van der Waals surface area contributed by atoms with Crippen LogP contribution in [0.5, 0.6) is 0 Å². The van der Waals surface area contributed by atoms with Crippen LogP contribution in [0, 0.1) is 0 Å². The molecule has 442 valence electrons. The summed E-state index contributed by atoms with van der Waals surface area (Å²) in [6.07, 6.45) is 76.0. The Morgan fingerprint density at radius 2 is 0.776 bits per heavy atom. The average molecular weight is 1090 g/mol. The molecule has 0 N–H and O–H groups in total. The molecule has 0 aromatic rings. The summed E-state index contributed by atoms with van der Waals surface area (Å²) < 4.78 is 34.0. The molecule has 0 rings (SSSR count). The van der Waals surface area contributed by atoms with Crippen molar-refractivity contribution in [3.63, 3.8) is 0 Å². The maximum Gasteiger partial charge on any atom is 0.306 e. The highest BCUT2D eigenvalue weighted by Gasteiger charge is 2.21. The quantitative estimate of drug-likeness (QED) is 0.0195. The Labute approximate surface area is 469 Å². The van der Waals surface area contributed by atoms with Gasteiger partial charge in [0, 0.05) is 12.8 Å². The molecule has 2 unspecified atom stereocenters. The molecule has 0 saturated carbocycles. The van der Waals surface area contributed by atoms with Crippen LogP contribution in [0.4, 0.5) is 0 Å². The normalized spacial score (nSPS) is 13.7. The first-order valence-corrected chi connectivity index (χ1v) is 33.1. The van der Waals surface area contributed by atoms with Crippen LogP contribution in [0.3, 0.4) is 0 Å². The fourth-order valence-electron chi connectivity index (χ4n) is 8.88. The second kappa shape index (κ2) is 57.1. The van der Waals surface area contributed by atoms with Gasteiger partial charge >= 0.3 is 11.9 Å². The topological polar surface area (TPSA) is 111 Å². The van der Waals surface area contributed by atoms with Crippen molar-refractivity contribution in [2.75, 3.05) is 47.5 Å². The molecule has 9 nitrogen and oxygen atoms in total. The number of esters is 2. The van der Waals surface area contributed by atoms with Gasteiger partial charge in [0.05, 0.1) is 27.7 Å². The third-order valence-corrected chi connectivity index (χ3v) is 14.7. The van der Waals surface area contributed by atoms with E-state index in [4.69, 9.17) is 18.5 Å². The zero-order valence-corrected chi connectivity index (χ0v) is 51.1. The van der Waals surface area contributed by atoms with Crippen molar-refractivity contribution >= 4 is 19.8 Å². The molecule has 10 heteroatoms. The molecule has 0 spiro atoms. The van der Waals surface area contributed by atoms with Crippen molar-refractivity contribution in [1.82, 2.24) is 0 Å². The molecular weight excluding hydrogens is 966 g/mol. The van der Waals surface area contributed by atoms with Gasteiger partial charge in [-0.2, -0.15) is 0 Å². The summed E-state index contributed by atoms with van der Waals surface area (Å²) in [4.78, 5) is 37.7. The van der Waals surface area contributed by atoms with Gasteiger partial charge < -0.3 is 27.9 Å². The van der Waals surface area contributed by atoms with E-state index >= 15 is 0 Å². The van der Waals surface area contributed by atoms with Crippen molar-refractivity contribution in [3.8, 4) is 0 Å². The zero-order chi connectivity index (χ0) is 55.6. The van der Waals surface area contributed by atoms with Crippen LogP contribution in [0.15, 0.2) is 72.9 Å². The molecule has 0 aromatic heterocycles. The Morgan fingerprint density at radius 1 is 0.421 bits per heavy atom. The molecule has 0 aromatic carbocycles. The summed E-state index contributed by atoms with van der Waals surface area (Å²) >= 11 is 0. The van der Waals surface area contributed by atoms with Gasteiger partial charge in [-0.1, -0.05) is 273 Å². The monoisotopic (exact) mass is 1090 g/mol. The highest BCUT2D eigenvalue weighted by Crippen LogP contribution is 2.38. The van der Waals surface area contributed by atoms with Crippen LogP contribution in [-0.4, -0.2) is 70.0 Å². The predicted octanol–water partition coefficient (Wildman–Crippen LogP) is 19.4. The molecule has 0 heterocycles. The minimum atomic E-state index is -4.65. The maximum atomic E-state index is 12.7. The lowest BCUT2D eigenvalue weighted by Gasteiger charge is -2.28. The fourth-order valence-corrected chi connectivity index (χ4v) is 9.61. The number of rotatable bonds is 58. The Bertz CT molecular complexity index is 1510. The highest BCUT2D eigenvalue weighted by molar-refractivity contribution is 7.45. The summed E-state index contributed by atoms with van der Waals surface area (Å²) in [5.41, 5.74) is 0. The number of unbranched alkanes of at least 4 members (excludes halogenated alkanes) is 32. The third-order valence-electron chi connectivity index (χ3n) is 13.7. The summed E-state index contributed by atoms with van der Waals surface area (Å²) in [5, 5.41) is 0. The van der Waals surface area contributed by atoms with E-state index in [-0.39, 0.29) is 26.1 Å². The number of carbonyl (C=O) groups is 2. The van der Waals surface area contributed by atoms with E-state index in [1.807, 2.05) is 33.3 Å². The van der Waals surface area contributed by atoms with Gasteiger partial charge in [-0.25, -0.2) is 0 Å². The number of hydrogen-bond acceptors (Lipinski definition) is 8. The lowest BCUT2D eigenvalue weighted by Crippen LogP contribution is -2.37. The van der Waals surface area contributed by atoms with Gasteiger partial charge in [-0.3, -0.25) is 14.2 Å². The molecule has 0 aliphatic heterocycles. The Hall–Kier alpha value is -2.55. The van der Waals surface area contributed by atoms with Gasteiger partial charge in [-0.15, -0.1) is 0 Å². The first kappa shape index (κ1) is 73.5. The first-order valence-electron chi connectivity index (χ1n) is 31.6. The van der Waals surface area contributed by atoms with Crippen LogP contribution >= 0.6 is 7.82 Å². The van der Waals surface area contributed by atoms with Crippen molar-refractivity contribution in [2.24, 2.45) is 0 Å². The number of allylic oxidation sites excluding steroid dienone is 12. The number of ether oxygens (including phenoxy) is 2. The molecule has 2 atom stereocenters. The van der Waals surface area contributed by atoms with Crippen molar-refractivity contribution in [1.29, 1.82) is 0 Å². The third kappa shape index (κ3) is 60.7. The zero-order valence-electron chi connectivity index (χ0n) is 50.2. The van der Waals surface area contributed by atoms with Gasteiger partial charge in [0.15, 0.2) is 6.10 Å². The molecular formula is C66H120NO8P. The van der Waals surface area contributed by atoms with Gasteiger partial charge in [0.2, 0.25) is 0 Å². The van der Waals surface area contributed by atoms with Crippen LogP contribution in [0.1, 0.15) is 284 Å². The summed E-state index contributed by atoms with van der Waals surface area (Å²) in [7, 11) is 1.13. The second-order valence-corrected chi connectivity index (χ2v) is 23.8. The maximum absolute atomic E-state index is 12.7. The number of nitrogens with zero attached hydrogens (tertiary/aromatic N) is 1. The number of hydrogen-bond donors (Lipinski definition) is 0. The molecule has 0 bridgehead atoms. The van der Waals surface area contributed by atoms with E-state index in [0.29, 0.717) is 17.4 Å². The number of phosphoric acid groups is 1. The van der Waals surface area contributed by atoms with Crippen molar-refractivity contribution < 1.29 is 42.1 Å². The number of phosphoric ester groups is 1. The van der Waals surface area contributed by atoms with Crippen molar-refractivity contribution in [3.05, 3.63) is 72.9 Å². The molecule has 0 saturated heterocycles. The second-order valence-electron chi connectivity index (χ2n) is 22.4. The Morgan fingerprint density at radius 3 is 1.17 bits per heavy atom. The molecule has 0 aliphatic rings. The van der Waals surface area contributed by atoms with E-state index in [1.165, 1.54) is 199 Å². The van der Waals surface area contributed by atoms with Gasteiger partial charge in [-0.05, 0) is 70.6 Å². The van der Waals surface area contributed by atoms with Crippen molar-refractivity contribution in [2.45, 2.75) is 290 Å². The minimum absolute atomic E-state index is 0.0445. The van der Waals surface area contributed by atoms with Gasteiger partial charge in [0.1, 0.15) is 19.8 Å². The minimum Gasteiger partial charge on any atom is -0.756 e. The van der Waals surface area contributed by atoms with Crippen LogP contribution in [-0.2, 0) is 32.7 Å². The standard InChI is InChI=1S/C66H120NO8P/c1-6-8-10-12-14-16-18-20-21-22-23-24-25-26-27-28-29-30-31-32-33-34-35-36-37-38-39-40-41-42-43-44-45-47-48-50-52-54-56-58-65(68)72-62-64(63-74-76(70,71)73-61-60-67(3,4)5)75-66(69)59-57-55-53-51-49-46-19-17-15-13-11-9-7-2/h9,11,15,17-18,20,22-23,46,49,53,55,64H,6-8,10,12-14,16,19,21,24-45,47-48,50-52,54,56-63H2,1-5H3/b11-9-,17-15-,20-18-,23-22-,49-46-,55-53-. The highest BCUT2D eigenvalue weighted by atomic mass is 31.2. The SMILES string of the molecule is CC/C=C\C/C=C\C/C=C\C/C=C\CCC(=O)OC(COC(=O)CCCCCCCCCCCCCCCCCCCCCCCCCCCCC/C=C\C/C=C\CCCCCCC)COP(=O)([O-])OCC[N+](C)(C)C. The Kier molecular flexibility index (Phi) is 55.2. The fraction of sp³-hybridized carbons (Fsp3) is 0.788. The summed E-state index contributed by atoms with van der Waals surface area (Å²) in [6, 6.07) is 0. The van der Waals surface area contributed by atoms with E-state index in [0.717, 1.165) is 51.4 Å².